The van der Waals surface area contributed by atoms with E-state index < -0.39 is 0 Å². The van der Waals surface area contributed by atoms with Crippen LogP contribution in [0.2, 0.25) is 0 Å². The Morgan fingerprint density at radius 2 is 2.22 bits per heavy atom. The van der Waals surface area contributed by atoms with E-state index >= 15 is 0 Å². The average molecular weight is 270 g/mol. The average Bonchev–Trinajstić information content (AvgIpc) is 2.75. The van der Waals surface area contributed by atoms with Gasteiger partial charge in [-0.1, -0.05) is 18.7 Å². The predicted molar refractivity (Wildman–Crippen MR) is 72.6 cm³/mol. The Labute approximate surface area is 113 Å². The topological polar surface area (TPSA) is 54.2 Å². The van der Waals surface area contributed by atoms with Crippen molar-refractivity contribution in [1.29, 1.82) is 0 Å². The van der Waals surface area contributed by atoms with E-state index in [2.05, 4.69) is 22.0 Å². The van der Waals surface area contributed by atoms with Crippen LogP contribution in [0.25, 0.3) is 0 Å². The molecule has 1 aromatic rings. The molecule has 1 aromatic heterocycles. The van der Waals surface area contributed by atoms with Crippen LogP contribution in [0.15, 0.2) is 11.5 Å². The molecule has 0 saturated carbocycles. The lowest BCUT2D eigenvalue weighted by Gasteiger charge is -2.31. The summed E-state index contributed by atoms with van der Waals surface area (Å²) < 4.78 is 1.87. The van der Waals surface area contributed by atoms with Gasteiger partial charge in [0.15, 0.2) is 5.16 Å². The molecule has 2 heterocycles. The van der Waals surface area contributed by atoms with Crippen LogP contribution >= 0.6 is 11.8 Å². The maximum Gasteiger partial charge on any atom is 0.190 e. The van der Waals surface area contributed by atoms with Crippen molar-refractivity contribution < 1.29 is 5.11 Å². The zero-order chi connectivity index (χ0) is 13.0. The van der Waals surface area contributed by atoms with Crippen LogP contribution in [0, 0.1) is 5.92 Å². The number of aliphatic hydroxyl groups excluding tert-OH is 1. The second-order valence-electron chi connectivity index (χ2n) is 5.17. The molecule has 1 fully saturated rings. The van der Waals surface area contributed by atoms with Gasteiger partial charge < -0.3 is 14.6 Å². The molecule has 102 valence electrons. The molecule has 0 aromatic carbocycles. The fraction of sp³-hybridized carbons (Fsp3) is 0.833. The summed E-state index contributed by atoms with van der Waals surface area (Å²) in [6.45, 7) is 5.31. The third-order valence-corrected chi connectivity index (χ3v) is 4.60. The Hall–Kier alpha value is -0.590. The quantitative estimate of drug-likeness (QED) is 0.809. The zero-order valence-corrected chi connectivity index (χ0v) is 11.9. The third kappa shape index (κ3) is 3.96. The highest BCUT2D eigenvalue weighted by Gasteiger charge is 2.18. The van der Waals surface area contributed by atoms with Crippen molar-refractivity contribution in [2.75, 3.05) is 25.4 Å². The molecule has 1 saturated heterocycles. The smallest absolute Gasteiger partial charge is 0.190 e. The van der Waals surface area contributed by atoms with Crippen LogP contribution in [-0.4, -0.2) is 56.3 Å². The molecule has 0 radical (unpaired) electrons. The lowest BCUT2D eigenvalue weighted by atomic mass is 9.99. The Morgan fingerprint density at radius 3 is 2.83 bits per heavy atom. The number of aryl methyl sites for hydroxylation is 1. The first-order valence-electron chi connectivity index (χ1n) is 6.52. The molecule has 1 aliphatic heterocycles. The van der Waals surface area contributed by atoms with Crippen LogP contribution < -0.4 is 0 Å². The summed E-state index contributed by atoms with van der Waals surface area (Å²) in [5.74, 6) is 1.52. The zero-order valence-electron chi connectivity index (χ0n) is 11.1. The lowest BCUT2D eigenvalue weighted by Crippen LogP contribution is -2.39. The molecule has 1 unspecified atom stereocenters. The van der Waals surface area contributed by atoms with Crippen molar-refractivity contribution in [3.8, 4) is 0 Å². The first-order chi connectivity index (χ1) is 8.65. The van der Waals surface area contributed by atoms with E-state index in [1.54, 1.807) is 18.1 Å². The van der Waals surface area contributed by atoms with Crippen LogP contribution in [0.5, 0.6) is 0 Å². The van der Waals surface area contributed by atoms with Gasteiger partial charge >= 0.3 is 0 Å². The highest BCUT2D eigenvalue weighted by Crippen LogP contribution is 2.18. The van der Waals surface area contributed by atoms with Gasteiger partial charge in [-0.15, -0.1) is 10.2 Å². The molecule has 0 spiro atoms. The van der Waals surface area contributed by atoms with Crippen LogP contribution in [0.1, 0.15) is 19.8 Å². The van der Waals surface area contributed by atoms with E-state index in [-0.39, 0.29) is 6.10 Å². The van der Waals surface area contributed by atoms with Crippen molar-refractivity contribution in [2.45, 2.75) is 31.0 Å². The fourth-order valence-corrected chi connectivity index (χ4v) is 2.97. The number of hydrogen-bond donors (Lipinski definition) is 1. The van der Waals surface area contributed by atoms with Crippen molar-refractivity contribution in [3.63, 3.8) is 0 Å². The van der Waals surface area contributed by atoms with E-state index in [1.165, 1.54) is 12.8 Å². The molecule has 1 N–H and O–H groups in total. The normalized spacial score (nSPS) is 20.2. The Bertz CT molecular complexity index is 363. The highest BCUT2D eigenvalue weighted by molar-refractivity contribution is 7.99. The van der Waals surface area contributed by atoms with E-state index in [4.69, 9.17) is 0 Å². The molecule has 1 aliphatic rings. The molecule has 2 rings (SSSR count). The number of aromatic nitrogens is 3. The number of aliphatic hydroxyl groups is 1. The summed E-state index contributed by atoms with van der Waals surface area (Å²) in [6.07, 6.45) is 3.90. The standard InChI is InChI=1S/C12H22N4OS/c1-10-3-5-16(6-4-10)7-11(17)8-18-12-14-13-9-15(12)2/h9-11,17H,3-8H2,1-2H3. The van der Waals surface area contributed by atoms with Gasteiger partial charge in [0.2, 0.25) is 0 Å². The maximum atomic E-state index is 10.0. The number of nitrogens with zero attached hydrogens (tertiary/aromatic N) is 4. The molecular formula is C12H22N4OS. The van der Waals surface area contributed by atoms with Gasteiger partial charge in [0.1, 0.15) is 6.33 Å². The summed E-state index contributed by atoms with van der Waals surface area (Å²) in [7, 11) is 1.92. The van der Waals surface area contributed by atoms with Crippen molar-refractivity contribution >= 4 is 11.8 Å². The van der Waals surface area contributed by atoms with Crippen LogP contribution in [-0.2, 0) is 7.05 Å². The summed E-state index contributed by atoms with van der Waals surface area (Å²) >= 11 is 1.56. The monoisotopic (exact) mass is 270 g/mol. The number of likely N-dealkylation sites (tertiary alicyclic amines) is 1. The van der Waals surface area contributed by atoms with Crippen LogP contribution in [0.4, 0.5) is 0 Å². The summed E-state index contributed by atoms with van der Waals surface area (Å²) in [5, 5.41) is 18.7. The molecule has 18 heavy (non-hydrogen) atoms. The van der Waals surface area contributed by atoms with Gasteiger partial charge in [0.05, 0.1) is 6.10 Å². The largest absolute Gasteiger partial charge is 0.391 e. The van der Waals surface area contributed by atoms with Gasteiger partial charge in [-0.25, -0.2) is 0 Å². The number of thioether (sulfide) groups is 1. The second-order valence-corrected chi connectivity index (χ2v) is 6.16. The number of hydrogen-bond acceptors (Lipinski definition) is 5. The molecule has 0 aliphatic carbocycles. The van der Waals surface area contributed by atoms with E-state index in [1.807, 2.05) is 11.6 Å². The van der Waals surface area contributed by atoms with Crippen molar-refractivity contribution in [3.05, 3.63) is 6.33 Å². The minimum Gasteiger partial charge on any atom is -0.391 e. The Kier molecular flexibility index (Phi) is 5.03. The Balaban J connectivity index is 1.69. The van der Waals surface area contributed by atoms with Gasteiger partial charge in [-0.2, -0.15) is 0 Å². The van der Waals surface area contributed by atoms with Crippen LogP contribution in [0.3, 0.4) is 0 Å². The molecule has 0 bridgehead atoms. The maximum absolute atomic E-state index is 10.0. The fourth-order valence-electron chi connectivity index (χ4n) is 2.17. The van der Waals surface area contributed by atoms with E-state index in [0.717, 1.165) is 30.7 Å². The molecule has 5 nitrogen and oxygen atoms in total. The summed E-state index contributed by atoms with van der Waals surface area (Å²) in [4.78, 5) is 2.36. The van der Waals surface area contributed by atoms with Gasteiger partial charge in [0.25, 0.3) is 0 Å². The first-order valence-corrected chi connectivity index (χ1v) is 7.51. The summed E-state index contributed by atoms with van der Waals surface area (Å²) in [6, 6.07) is 0. The van der Waals surface area contributed by atoms with E-state index in [0.29, 0.717) is 5.75 Å². The molecule has 0 amide bonds. The Morgan fingerprint density at radius 1 is 1.50 bits per heavy atom. The number of rotatable bonds is 5. The SMILES string of the molecule is CC1CCN(CC(O)CSc2nncn2C)CC1. The third-order valence-electron chi connectivity index (χ3n) is 3.42. The number of piperidine rings is 1. The van der Waals surface area contributed by atoms with Gasteiger partial charge in [0, 0.05) is 19.3 Å². The minimum atomic E-state index is -0.292. The molecule has 1 atom stereocenters. The van der Waals surface area contributed by atoms with Gasteiger partial charge in [-0.05, 0) is 31.8 Å². The van der Waals surface area contributed by atoms with Gasteiger partial charge in [-0.3, -0.25) is 0 Å². The lowest BCUT2D eigenvalue weighted by molar-refractivity contribution is 0.105. The van der Waals surface area contributed by atoms with Crippen molar-refractivity contribution in [2.24, 2.45) is 13.0 Å². The number of β-amino-alcohol motifs (C(OH)–C–C–N with tert-alkyl or cyclic N) is 1. The predicted octanol–water partition coefficient (Wildman–Crippen LogP) is 1.000. The highest BCUT2D eigenvalue weighted by atomic mass is 32.2. The van der Waals surface area contributed by atoms with Crippen molar-refractivity contribution in [1.82, 2.24) is 19.7 Å². The molecular weight excluding hydrogens is 248 g/mol. The summed E-state index contributed by atoms with van der Waals surface area (Å²) in [5.41, 5.74) is 0. The molecule has 6 heteroatoms. The second kappa shape index (κ2) is 6.54. The first kappa shape index (κ1) is 13.8. The van der Waals surface area contributed by atoms with E-state index in [9.17, 15) is 5.11 Å². The minimum absolute atomic E-state index is 0.292.